The molecule has 128 valence electrons. The highest BCUT2D eigenvalue weighted by molar-refractivity contribution is 6.30. The van der Waals surface area contributed by atoms with Crippen LogP contribution in [0, 0.1) is 11.3 Å². The van der Waals surface area contributed by atoms with Gasteiger partial charge in [-0.25, -0.2) is 4.99 Å². The summed E-state index contributed by atoms with van der Waals surface area (Å²) in [5, 5.41) is 9.57. The number of hydrogen-bond donors (Lipinski definition) is 1. The molecule has 6 heteroatoms. The van der Waals surface area contributed by atoms with Crippen LogP contribution in [0.1, 0.15) is 11.1 Å². The van der Waals surface area contributed by atoms with Crippen LogP contribution in [0.25, 0.3) is 0 Å². The lowest BCUT2D eigenvalue weighted by atomic mass is 10.1. The Balaban J connectivity index is 1.54. The molecular weight excluding hydrogens is 334 g/mol. The Kier molecular flexibility index (Phi) is 5.42. The highest BCUT2D eigenvalue weighted by Crippen LogP contribution is 2.19. The number of rotatable bonds is 3. The van der Waals surface area contributed by atoms with Gasteiger partial charge in [0.05, 0.1) is 18.2 Å². The molecular formula is C19H20ClN5. The Morgan fingerprint density at radius 1 is 1.04 bits per heavy atom. The molecule has 0 bridgehead atoms. The SMILES string of the molecule is N#Cc1ccc(CN=C(N)N2CCN(c3ccc(Cl)cc3)CC2)cc1. The molecule has 2 N–H and O–H groups in total. The van der Waals surface area contributed by atoms with Gasteiger partial charge in [-0.1, -0.05) is 23.7 Å². The first kappa shape index (κ1) is 17.1. The van der Waals surface area contributed by atoms with Crippen molar-refractivity contribution in [1.29, 1.82) is 5.26 Å². The van der Waals surface area contributed by atoms with E-state index in [2.05, 4.69) is 20.9 Å². The van der Waals surface area contributed by atoms with Crippen molar-refractivity contribution in [3.63, 3.8) is 0 Å². The van der Waals surface area contributed by atoms with E-state index < -0.39 is 0 Å². The van der Waals surface area contributed by atoms with Gasteiger partial charge < -0.3 is 15.5 Å². The van der Waals surface area contributed by atoms with E-state index in [9.17, 15) is 0 Å². The zero-order valence-electron chi connectivity index (χ0n) is 13.9. The van der Waals surface area contributed by atoms with E-state index >= 15 is 0 Å². The van der Waals surface area contributed by atoms with E-state index in [1.54, 1.807) is 12.1 Å². The molecule has 0 spiro atoms. The van der Waals surface area contributed by atoms with Crippen LogP contribution < -0.4 is 10.6 Å². The molecule has 0 atom stereocenters. The van der Waals surface area contributed by atoms with Crippen molar-refractivity contribution in [1.82, 2.24) is 4.90 Å². The second-order valence-corrected chi connectivity index (χ2v) is 6.37. The predicted molar refractivity (Wildman–Crippen MR) is 102 cm³/mol. The van der Waals surface area contributed by atoms with Gasteiger partial charge in [0, 0.05) is 36.9 Å². The number of nitrogens with two attached hydrogens (primary N) is 1. The maximum Gasteiger partial charge on any atom is 0.191 e. The van der Waals surface area contributed by atoms with Gasteiger partial charge in [-0.3, -0.25) is 0 Å². The first-order valence-electron chi connectivity index (χ1n) is 8.20. The zero-order chi connectivity index (χ0) is 17.6. The molecule has 3 rings (SSSR count). The average molecular weight is 354 g/mol. The third-order valence-electron chi connectivity index (χ3n) is 4.30. The van der Waals surface area contributed by atoms with Crippen LogP contribution in [0.2, 0.25) is 5.02 Å². The van der Waals surface area contributed by atoms with Gasteiger partial charge >= 0.3 is 0 Å². The van der Waals surface area contributed by atoms with Crippen molar-refractivity contribution >= 4 is 23.2 Å². The highest BCUT2D eigenvalue weighted by atomic mass is 35.5. The molecule has 2 aromatic rings. The summed E-state index contributed by atoms with van der Waals surface area (Å²) in [7, 11) is 0. The Morgan fingerprint density at radius 2 is 1.68 bits per heavy atom. The summed E-state index contributed by atoms with van der Waals surface area (Å²) in [6.45, 7) is 4.00. The number of piperazine rings is 1. The van der Waals surface area contributed by atoms with Crippen molar-refractivity contribution in [2.24, 2.45) is 10.7 Å². The van der Waals surface area contributed by atoms with Crippen LogP contribution in [-0.4, -0.2) is 37.0 Å². The van der Waals surface area contributed by atoms with Crippen LogP contribution in [0.5, 0.6) is 0 Å². The number of guanidine groups is 1. The minimum atomic E-state index is 0.523. The third kappa shape index (κ3) is 4.43. The van der Waals surface area contributed by atoms with Crippen molar-refractivity contribution in [3.8, 4) is 6.07 Å². The van der Waals surface area contributed by atoms with E-state index in [0.717, 1.165) is 36.8 Å². The minimum absolute atomic E-state index is 0.523. The predicted octanol–water partition coefficient (Wildman–Crippen LogP) is 2.85. The van der Waals surface area contributed by atoms with Gasteiger partial charge in [0.2, 0.25) is 0 Å². The van der Waals surface area contributed by atoms with Crippen molar-refractivity contribution < 1.29 is 0 Å². The first-order valence-corrected chi connectivity index (χ1v) is 8.58. The second-order valence-electron chi connectivity index (χ2n) is 5.93. The molecule has 0 aliphatic carbocycles. The Labute approximate surface area is 152 Å². The molecule has 5 nitrogen and oxygen atoms in total. The molecule has 1 saturated heterocycles. The number of benzene rings is 2. The largest absolute Gasteiger partial charge is 0.370 e. The van der Waals surface area contributed by atoms with E-state index in [4.69, 9.17) is 22.6 Å². The first-order chi connectivity index (χ1) is 12.2. The van der Waals surface area contributed by atoms with Gasteiger partial charge in [-0.2, -0.15) is 5.26 Å². The van der Waals surface area contributed by atoms with E-state index in [1.807, 2.05) is 36.4 Å². The van der Waals surface area contributed by atoms with Gasteiger partial charge in [-0.15, -0.1) is 0 Å². The van der Waals surface area contributed by atoms with Gasteiger partial charge in [0.1, 0.15) is 0 Å². The molecule has 0 unspecified atom stereocenters. The normalized spacial score (nSPS) is 15.1. The summed E-state index contributed by atoms with van der Waals surface area (Å²) in [6.07, 6.45) is 0. The topological polar surface area (TPSA) is 68.6 Å². The quantitative estimate of drug-likeness (QED) is 0.680. The monoisotopic (exact) mass is 353 g/mol. The Morgan fingerprint density at radius 3 is 2.28 bits per heavy atom. The van der Waals surface area contributed by atoms with Crippen LogP contribution in [0.15, 0.2) is 53.5 Å². The standard InChI is InChI=1S/C19H20ClN5/c20-17-5-7-18(8-6-17)24-9-11-25(12-10-24)19(22)23-14-16-3-1-15(13-21)2-4-16/h1-8H,9-12,14H2,(H2,22,23). The van der Waals surface area contributed by atoms with Crippen LogP contribution in [-0.2, 0) is 6.54 Å². The third-order valence-corrected chi connectivity index (χ3v) is 4.55. The lowest BCUT2D eigenvalue weighted by molar-refractivity contribution is 0.380. The fourth-order valence-electron chi connectivity index (χ4n) is 2.80. The lowest BCUT2D eigenvalue weighted by Gasteiger charge is -2.36. The number of hydrogen-bond acceptors (Lipinski definition) is 3. The van der Waals surface area contributed by atoms with Crippen molar-refractivity contribution in [2.75, 3.05) is 31.1 Å². The van der Waals surface area contributed by atoms with Crippen molar-refractivity contribution in [2.45, 2.75) is 6.54 Å². The molecule has 1 heterocycles. The maximum atomic E-state index is 8.82. The molecule has 0 amide bonds. The number of anilines is 1. The van der Waals surface area contributed by atoms with E-state index in [-0.39, 0.29) is 0 Å². The zero-order valence-corrected chi connectivity index (χ0v) is 14.7. The average Bonchev–Trinajstić information content (AvgIpc) is 2.67. The van der Waals surface area contributed by atoms with Crippen LogP contribution in [0.4, 0.5) is 5.69 Å². The number of nitrogens with zero attached hydrogens (tertiary/aromatic N) is 4. The molecule has 0 aromatic heterocycles. The summed E-state index contributed by atoms with van der Waals surface area (Å²) in [5.41, 5.74) is 9.02. The summed E-state index contributed by atoms with van der Waals surface area (Å²) >= 11 is 5.94. The fraction of sp³-hybridized carbons (Fsp3) is 0.263. The van der Waals surface area contributed by atoms with E-state index in [1.165, 1.54) is 5.69 Å². The number of aliphatic imine (C=N–C) groups is 1. The van der Waals surface area contributed by atoms with Crippen LogP contribution in [0.3, 0.4) is 0 Å². The van der Waals surface area contributed by atoms with Gasteiger partial charge in [-0.05, 0) is 42.0 Å². The molecule has 0 radical (unpaired) electrons. The summed E-state index contributed by atoms with van der Waals surface area (Å²) in [5.74, 6) is 0.570. The summed E-state index contributed by atoms with van der Waals surface area (Å²) in [6, 6.07) is 17.4. The molecule has 25 heavy (non-hydrogen) atoms. The van der Waals surface area contributed by atoms with Crippen molar-refractivity contribution in [3.05, 3.63) is 64.7 Å². The molecule has 2 aromatic carbocycles. The van der Waals surface area contributed by atoms with Gasteiger partial charge in [0.15, 0.2) is 5.96 Å². The minimum Gasteiger partial charge on any atom is -0.370 e. The highest BCUT2D eigenvalue weighted by Gasteiger charge is 2.18. The smallest absolute Gasteiger partial charge is 0.191 e. The Bertz CT molecular complexity index is 769. The summed E-state index contributed by atoms with van der Waals surface area (Å²) in [4.78, 5) is 8.91. The molecule has 1 aliphatic heterocycles. The molecule has 1 fully saturated rings. The maximum absolute atomic E-state index is 8.82. The number of nitriles is 1. The second kappa shape index (κ2) is 7.91. The van der Waals surface area contributed by atoms with Gasteiger partial charge in [0.25, 0.3) is 0 Å². The fourth-order valence-corrected chi connectivity index (χ4v) is 2.93. The number of halogens is 1. The molecule has 0 saturated carbocycles. The molecule has 1 aliphatic rings. The Hall–Kier alpha value is -2.71. The lowest BCUT2D eigenvalue weighted by Crippen LogP contribution is -2.51. The van der Waals surface area contributed by atoms with Crippen LogP contribution >= 0.6 is 11.6 Å². The van der Waals surface area contributed by atoms with E-state index in [0.29, 0.717) is 18.1 Å². The summed E-state index contributed by atoms with van der Waals surface area (Å²) < 4.78 is 0.